The number of hydrogen-bond acceptors (Lipinski definition) is 3. The van der Waals surface area contributed by atoms with Gasteiger partial charge in [0.1, 0.15) is 6.04 Å². The first-order chi connectivity index (χ1) is 10.1. The van der Waals surface area contributed by atoms with Crippen molar-refractivity contribution >= 4 is 11.9 Å². The molecule has 0 bridgehead atoms. The second-order valence-electron chi connectivity index (χ2n) is 5.46. The van der Waals surface area contributed by atoms with E-state index >= 15 is 0 Å². The molecule has 2 N–H and O–H groups in total. The van der Waals surface area contributed by atoms with Crippen LogP contribution in [0.4, 0.5) is 0 Å². The van der Waals surface area contributed by atoms with Gasteiger partial charge in [-0.15, -0.1) is 0 Å². The molecule has 5 nitrogen and oxygen atoms in total. The fraction of sp³-hybridized carbons (Fsp3) is 0.500. The molecule has 0 saturated carbocycles. The number of carbonyl (C=O) groups is 2. The molecular weight excluding hydrogens is 270 g/mol. The lowest BCUT2D eigenvalue weighted by molar-refractivity contribution is -0.145. The summed E-state index contributed by atoms with van der Waals surface area (Å²) < 4.78 is 5.32. The Labute approximate surface area is 124 Å². The molecule has 5 heteroatoms. The van der Waals surface area contributed by atoms with E-state index in [9.17, 15) is 14.7 Å². The first-order valence-corrected chi connectivity index (χ1v) is 7.22. The van der Waals surface area contributed by atoms with Crippen molar-refractivity contribution in [2.24, 2.45) is 5.92 Å². The number of amides is 1. The van der Waals surface area contributed by atoms with E-state index in [2.05, 4.69) is 5.32 Å². The zero-order valence-corrected chi connectivity index (χ0v) is 12.2. The predicted octanol–water partition coefficient (Wildman–Crippen LogP) is 1.53. The van der Waals surface area contributed by atoms with Gasteiger partial charge in [-0.3, -0.25) is 4.79 Å². The second-order valence-corrected chi connectivity index (χ2v) is 5.46. The Kier molecular flexibility index (Phi) is 5.33. The Hall–Kier alpha value is -1.88. The number of hydrogen-bond donors (Lipinski definition) is 2. The predicted molar refractivity (Wildman–Crippen MR) is 78.0 cm³/mol. The fourth-order valence-electron chi connectivity index (χ4n) is 2.62. The topological polar surface area (TPSA) is 75.6 Å². The van der Waals surface area contributed by atoms with Gasteiger partial charge < -0.3 is 15.2 Å². The summed E-state index contributed by atoms with van der Waals surface area (Å²) in [6, 6.07) is 6.73. The molecule has 1 aromatic rings. The van der Waals surface area contributed by atoms with Crippen LogP contribution in [-0.2, 0) is 20.7 Å². The SMILES string of the molecule is Cc1ccccc1CC(=O)NC(C(=O)O)C1CCCOC1. The molecule has 21 heavy (non-hydrogen) atoms. The number of carboxylic acids is 1. The number of aliphatic carboxylic acids is 1. The van der Waals surface area contributed by atoms with Gasteiger partial charge in [0.2, 0.25) is 5.91 Å². The van der Waals surface area contributed by atoms with Gasteiger partial charge in [0.05, 0.1) is 13.0 Å². The summed E-state index contributed by atoms with van der Waals surface area (Å²) in [5.41, 5.74) is 1.94. The highest BCUT2D eigenvalue weighted by Gasteiger charge is 2.31. The van der Waals surface area contributed by atoms with Crippen LogP contribution in [0.1, 0.15) is 24.0 Å². The van der Waals surface area contributed by atoms with Gasteiger partial charge in [-0.05, 0) is 30.9 Å². The maximum atomic E-state index is 12.1. The molecule has 1 amide bonds. The van der Waals surface area contributed by atoms with Crippen molar-refractivity contribution < 1.29 is 19.4 Å². The molecule has 114 valence electrons. The maximum Gasteiger partial charge on any atom is 0.326 e. The van der Waals surface area contributed by atoms with Gasteiger partial charge in [0.15, 0.2) is 0 Å². The molecule has 1 aliphatic rings. The van der Waals surface area contributed by atoms with Crippen LogP contribution in [-0.4, -0.2) is 36.2 Å². The van der Waals surface area contributed by atoms with Gasteiger partial charge in [0.25, 0.3) is 0 Å². The van der Waals surface area contributed by atoms with Crippen LogP contribution in [0.3, 0.4) is 0 Å². The van der Waals surface area contributed by atoms with Crippen LogP contribution >= 0.6 is 0 Å². The highest BCUT2D eigenvalue weighted by atomic mass is 16.5. The van der Waals surface area contributed by atoms with E-state index in [0.29, 0.717) is 13.2 Å². The van der Waals surface area contributed by atoms with Crippen LogP contribution in [0.2, 0.25) is 0 Å². The molecule has 0 spiro atoms. The van der Waals surface area contributed by atoms with E-state index in [4.69, 9.17) is 4.74 Å². The van der Waals surface area contributed by atoms with Gasteiger partial charge in [-0.25, -0.2) is 4.79 Å². The number of aryl methyl sites for hydroxylation is 1. The molecule has 2 rings (SSSR count). The molecule has 1 saturated heterocycles. The molecule has 1 aliphatic heterocycles. The van der Waals surface area contributed by atoms with Crippen molar-refractivity contribution in [2.75, 3.05) is 13.2 Å². The molecule has 0 aliphatic carbocycles. The molecule has 2 unspecified atom stereocenters. The van der Waals surface area contributed by atoms with E-state index in [1.807, 2.05) is 31.2 Å². The van der Waals surface area contributed by atoms with E-state index in [-0.39, 0.29) is 18.2 Å². The molecule has 1 heterocycles. The first-order valence-electron chi connectivity index (χ1n) is 7.22. The largest absolute Gasteiger partial charge is 0.480 e. The van der Waals surface area contributed by atoms with Crippen molar-refractivity contribution in [3.05, 3.63) is 35.4 Å². The van der Waals surface area contributed by atoms with Crippen molar-refractivity contribution in [1.29, 1.82) is 0 Å². The zero-order chi connectivity index (χ0) is 15.2. The molecular formula is C16H21NO4. The highest BCUT2D eigenvalue weighted by molar-refractivity contribution is 5.85. The number of carboxylic acid groups (broad SMARTS) is 1. The van der Waals surface area contributed by atoms with Crippen LogP contribution in [0.25, 0.3) is 0 Å². The van der Waals surface area contributed by atoms with Crippen molar-refractivity contribution in [3.8, 4) is 0 Å². The summed E-state index contributed by atoms with van der Waals surface area (Å²) in [7, 11) is 0. The maximum absolute atomic E-state index is 12.1. The monoisotopic (exact) mass is 291 g/mol. The minimum absolute atomic E-state index is 0.155. The number of ether oxygens (including phenoxy) is 1. The zero-order valence-electron chi connectivity index (χ0n) is 12.2. The Morgan fingerprint density at radius 1 is 1.43 bits per heavy atom. The molecule has 0 aromatic heterocycles. The lowest BCUT2D eigenvalue weighted by Gasteiger charge is -2.28. The molecule has 2 atom stereocenters. The average molecular weight is 291 g/mol. The fourth-order valence-corrected chi connectivity index (χ4v) is 2.62. The Balaban J connectivity index is 1.98. The van der Waals surface area contributed by atoms with Crippen LogP contribution in [0.15, 0.2) is 24.3 Å². The normalized spacial score (nSPS) is 19.8. The van der Waals surface area contributed by atoms with Gasteiger partial charge >= 0.3 is 5.97 Å². The van der Waals surface area contributed by atoms with Crippen LogP contribution in [0, 0.1) is 12.8 Å². The third kappa shape index (κ3) is 4.29. The number of benzene rings is 1. The standard InChI is InChI=1S/C16H21NO4/c1-11-5-2-3-6-12(11)9-14(18)17-15(16(19)20)13-7-4-8-21-10-13/h2-3,5-6,13,15H,4,7-10H2,1H3,(H,17,18)(H,19,20). The summed E-state index contributed by atoms with van der Waals surface area (Å²) in [5.74, 6) is -1.41. The Bertz CT molecular complexity index is 509. The van der Waals surface area contributed by atoms with E-state index in [1.165, 1.54) is 0 Å². The van der Waals surface area contributed by atoms with Crippen LogP contribution < -0.4 is 5.32 Å². The van der Waals surface area contributed by atoms with Crippen molar-refractivity contribution in [3.63, 3.8) is 0 Å². The number of carbonyl (C=O) groups excluding carboxylic acids is 1. The minimum Gasteiger partial charge on any atom is -0.480 e. The third-order valence-corrected chi connectivity index (χ3v) is 3.86. The second kappa shape index (κ2) is 7.22. The summed E-state index contributed by atoms with van der Waals surface area (Å²) in [5, 5.41) is 12.0. The van der Waals surface area contributed by atoms with Gasteiger partial charge in [-0.2, -0.15) is 0 Å². The lowest BCUT2D eigenvalue weighted by Crippen LogP contribution is -2.48. The van der Waals surface area contributed by atoms with Crippen molar-refractivity contribution in [2.45, 2.75) is 32.2 Å². The molecule has 1 aromatic carbocycles. The van der Waals surface area contributed by atoms with Crippen LogP contribution in [0.5, 0.6) is 0 Å². The third-order valence-electron chi connectivity index (χ3n) is 3.86. The smallest absolute Gasteiger partial charge is 0.326 e. The van der Waals surface area contributed by atoms with Gasteiger partial charge in [-0.1, -0.05) is 24.3 Å². The lowest BCUT2D eigenvalue weighted by atomic mass is 9.93. The van der Waals surface area contributed by atoms with E-state index in [0.717, 1.165) is 24.0 Å². The number of rotatable bonds is 5. The average Bonchev–Trinajstić information content (AvgIpc) is 2.48. The van der Waals surface area contributed by atoms with E-state index < -0.39 is 12.0 Å². The molecule has 1 fully saturated rings. The summed E-state index contributed by atoms with van der Waals surface area (Å²) >= 11 is 0. The quantitative estimate of drug-likeness (QED) is 0.862. The summed E-state index contributed by atoms with van der Waals surface area (Å²) in [6.07, 6.45) is 1.80. The Morgan fingerprint density at radius 3 is 2.81 bits per heavy atom. The van der Waals surface area contributed by atoms with E-state index in [1.54, 1.807) is 0 Å². The summed E-state index contributed by atoms with van der Waals surface area (Å²) in [6.45, 7) is 2.99. The first kappa shape index (κ1) is 15.5. The van der Waals surface area contributed by atoms with Crippen molar-refractivity contribution in [1.82, 2.24) is 5.32 Å². The molecule has 0 radical (unpaired) electrons. The highest BCUT2D eigenvalue weighted by Crippen LogP contribution is 2.18. The minimum atomic E-state index is -0.997. The Morgan fingerprint density at radius 2 is 2.19 bits per heavy atom. The summed E-state index contributed by atoms with van der Waals surface area (Å²) in [4.78, 5) is 23.5. The van der Waals surface area contributed by atoms with Gasteiger partial charge in [0, 0.05) is 12.5 Å². The number of nitrogens with one attached hydrogen (secondary N) is 1.